The normalized spacial score (nSPS) is 20.8. The molecule has 6 nitrogen and oxygen atoms in total. The molecule has 6 heteroatoms. The van der Waals surface area contributed by atoms with Crippen LogP contribution in [-0.2, 0) is 4.74 Å². The highest BCUT2D eigenvalue weighted by Crippen LogP contribution is 2.20. The number of likely N-dealkylation sites (tertiary alicyclic amines) is 1. The second-order valence-corrected chi connectivity index (χ2v) is 7.60. The fraction of sp³-hybridized carbons (Fsp3) is 0.600. The Labute approximate surface area is 155 Å². The number of ether oxygens (including phenoxy) is 1. The standard InChI is InChI=1S/C20H29N3O3/c1-15-6-9-23(10-7-15)19(24)17-4-3-5-18(12-17)21-20(25)22(2)13-16-8-11-26-14-16/h3-5,12,15-16H,6-11,13-14H2,1-2H3,(H,21,25)/t16-/m0/s1. The summed E-state index contributed by atoms with van der Waals surface area (Å²) < 4.78 is 5.36. The number of carbonyl (C=O) groups is 2. The van der Waals surface area contributed by atoms with E-state index in [1.54, 1.807) is 18.0 Å². The smallest absolute Gasteiger partial charge is 0.321 e. The van der Waals surface area contributed by atoms with Crippen molar-refractivity contribution in [2.24, 2.45) is 11.8 Å². The van der Waals surface area contributed by atoms with E-state index in [1.165, 1.54) is 0 Å². The molecule has 0 unspecified atom stereocenters. The summed E-state index contributed by atoms with van der Waals surface area (Å²) in [6, 6.07) is 7.06. The van der Waals surface area contributed by atoms with Crippen molar-refractivity contribution in [2.75, 3.05) is 45.2 Å². The first kappa shape index (κ1) is 18.7. The Morgan fingerprint density at radius 2 is 2.04 bits per heavy atom. The van der Waals surface area contributed by atoms with E-state index >= 15 is 0 Å². The lowest BCUT2D eigenvalue weighted by molar-refractivity contribution is 0.0697. The molecule has 0 aromatic heterocycles. The Morgan fingerprint density at radius 1 is 1.27 bits per heavy atom. The van der Waals surface area contributed by atoms with Crippen molar-refractivity contribution in [3.05, 3.63) is 29.8 Å². The lowest BCUT2D eigenvalue weighted by Gasteiger charge is -2.30. The van der Waals surface area contributed by atoms with Crippen LogP contribution >= 0.6 is 0 Å². The van der Waals surface area contributed by atoms with Crippen LogP contribution in [0.4, 0.5) is 10.5 Å². The van der Waals surface area contributed by atoms with E-state index in [0.29, 0.717) is 29.6 Å². The summed E-state index contributed by atoms with van der Waals surface area (Å²) in [5, 5.41) is 2.90. The van der Waals surface area contributed by atoms with Gasteiger partial charge < -0.3 is 19.9 Å². The van der Waals surface area contributed by atoms with Crippen molar-refractivity contribution in [3.63, 3.8) is 0 Å². The fourth-order valence-electron chi connectivity index (χ4n) is 3.54. The number of nitrogens with one attached hydrogen (secondary N) is 1. The zero-order chi connectivity index (χ0) is 18.5. The van der Waals surface area contributed by atoms with Gasteiger partial charge in [0, 0.05) is 50.5 Å². The minimum atomic E-state index is -0.159. The largest absolute Gasteiger partial charge is 0.381 e. The Hall–Kier alpha value is -2.08. The molecule has 1 N–H and O–H groups in total. The molecule has 142 valence electrons. The molecule has 0 bridgehead atoms. The number of hydrogen-bond acceptors (Lipinski definition) is 3. The van der Waals surface area contributed by atoms with Gasteiger partial charge in [-0.2, -0.15) is 0 Å². The molecule has 2 aliphatic rings. The maximum absolute atomic E-state index is 12.7. The van der Waals surface area contributed by atoms with Gasteiger partial charge in [0.15, 0.2) is 0 Å². The highest BCUT2D eigenvalue weighted by molar-refractivity contribution is 5.97. The summed E-state index contributed by atoms with van der Waals surface area (Å²) in [4.78, 5) is 28.7. The molecule has 0 radical (unpaired) electrons. The van der Waals surface area contributed by atoms with Gasteiger partial charge in [-0.05, 0) is 43.4 Å². The first-order valence-corrected chi connectivity index (χ1v) is 9.52. The minimum Gasteiger partial charge on any atom is -0.381 e. The highest BCUT2D eigenvalue weighted by Gasteiger charge is 2.22. The number of anilines is 1. The molecular formula is C20H29N3O3. The first-order chi connectivity index (χ1) is 12.5. The van der Waals surface area contributed by atoms with E-state index in [0.717, 1.165) is 45.6 Å². The quantitative estimate of drug-likeness (QED) is 0.899. The van der Waals surface area contributed by atoms with Gasteiger partial charge in [0.25, 0.3) is 5.91 Å². The summed E-state index contributed by atoms with van der Waals surface area (Å²) in [6.07, 6.45) is 3.10. The van der Waals surface area contributed by atoms with Crippen LogP contribution in [0.5, 0.6) is 0 Å². The van der Waals surface area contributed by atoms with Crippen LogP contribution in [0.1, 0.15) is 36.5 Å². The van der Waals surface area contributed by atoms with Crippen LogP contribution in [0.15, 0.2) is 24.3 Å². The molecular weight excluding hydrogens is 330 g/mol. The minimum absolute atomic E-state index is 0.0458. The second kappa shape index (κ2) is 8.54. The summed E-state index contributed by atoms with van der Waals surface area (Å²) in [5.41, 5.74) is 1.28. The number of rotatable bonds is 4. The van der Waals surface area contributed by atoms with Crippen LogP contribution in [0, 0.1) is 11.8 Å². The number of piperidine rings is 1. The van der Waals surface area contributed by atoms with E-state index < -0.39 is 0 Å². The first-order valence-electron chi connectivity index (χ1n) is 9.52. The van der Waals surface area contributed by atoms with E-state index in [2.05, 4.69) is 12.2 Å². The molecule has 2 saturated heterocycles. The molecule has 2 fully saturated rings. The van der Waals surface area contributed by atoms with Gasteiger partial charge in [-0.1, -0.05) is 13.0 Å². The number of benzene rings is 1. The summed E-state index contributed by atoms with van der Waals surface area (Å²) >= 11 is 0. The van der Waals surface area contributed by atoms with Gasteiger partial charge >= 0.3 is 6.03 Å². The lowest BCUT2D eigenvalue weighted by atomic mass is 9.98. The predicted octanol–water partition coefficient (Wildman–Crippen LogP) is 3.06. The average molecular weight is 359 g/mol. The monoisotopic (exact) mass is 359 g/mol. The van der Waals surface area contributed by atoms with Crippen LogP contribution in [0.3, 0.4) is 0 Å². The molecule has 0 spiro atoms. The van der Waals surface area contributed by atoms with Crippen LogP contribution in [-0.4, -0.2) is 61.6 Å². The lowest BCUT2D eigenvalue weighted by Crippen LogP contribution is -2.38. The van der Waals surface area contributed by atoms with E-state index in [-0.39, 0.29) is 11.9 Å². The van der Waals surface area contributed by atoms with Crippen molar-refractivity contribution < 1.29 is 14.3 Å². The molecule has 0 aliphatic carbocycles. The van der Waals surface area contributed by atoms with Crippen LogP contribution in [0.2, 0.25) is 0 Å². The number of amides is 3. The predicted molar refractivity (Wildman–Crippen MR) is 101 cm³/mol. The Kier molecular flexibility index (Phi) is 6.14. The fourth-order valence-corrected chi connectivity index (χ4v) is 3.54. The number of hydrogen-bond donors (Lipinski definition) is 1. The third-order valence-electron chi connectivity index (χ3n) is 5.33. The SMILES string of the molecule is CC1CCN(C(=O)c2cccc(NC(=O)N(C)C[C@@H]3CCOC3)c2)CC1. The molecule has 1 atom stereocenters. The van der Waals surface area contributed by atoms with Crippen molar-refractivity contribution >= 4 is 17.6 Å². The molecule has 1 aromatic rings. The zero-order valence-corrected chi connectivity index (χ0v) is 15.7. The highest BCUT2D eigenvalue weighted by atomic mass is 16.5. The average Bonchev–Trinajstić information content (AvgIpc) is 3.15. The maximum Gasteiger partial charge on any atom is 0.321 e. The molecule has 1 aromatic carbocycles. The van der Waals surface area contributed by atoms with Gasteiger partial charge in [0.1, 0.15) is 0 Å². The third-order valence-corrected chi connectivity index (χ3v) is 5.33. The Balaban J connectivity index is 1.57. The summed E-state index contributed by atoms with van der Waals surface area (Å²) in [5.74, 6) is 1.13. The summed E-state index contributed by atoms with van der Waals surface area (Å²) in [7, 11) is 1.79. The zero-order valence-electron chi connectivity index (χ0n) is 15.7. The third kappa shape index (κ3) is 4.75. The van der Waals surface area contributed by atoms with Gasteiger partial charge in [0.05, 0.1) is 6.61 Å². The topological polar surface area (TPSA) is 61.9 Å². The van der Waals surface area contributed by atoms with Gasteiger partial charge in [-0.3, -0.25) is 4.79 Å². The Morgan fingerprint density at radius 3 is 2.73 bits per heavy atom. The van der Waals surface area contributed by atoms with E-state index in [9.17, 15) is 9.59 Å². The Bertz CT molecular complexity index is 635. The molecule has 3 rings (SSSR count). The second-order valence-electron chi connectivity index (χ2n) is 7.60. The molecule has 0 saturated carbocycles. The molecule has 2 heterocycles. The molecule has 2 aliphatic heterocycles. The van der Waals surface area contributed by atoms with Crippen LogP contribution < -0.4 is 5.32 Å². The van der Waals surface area contributed by atoms with Gasteiger partial charge in [-0.15, -0.1) is 0 Å². The molecule has 3 amide bonds. The number of carbonyl (C=O) groups excluding carboxylic acids is 2. The van der Waals surface area contributed by atoms with E-state index in [4.69, 9.17) is 4.74 Å². The number of nitrogens with zero attached hydrogens (tertiary/aromatic N) is 2. The van der Waals surface area contributed by atoms with Crippen molar-refractivity contribution in [1.29, 1.82) is 0 Å². The summed E-state index contributed by atoms with van der Waals surface area (Å²) in [6.45, 7) is 6.02. The van der Waals surface area contributed by atoms with Gasteiger partial charge in [-0.25, -0.2) is 4.79 Å². The van der Waals surface area contributed by atoms with Crippen molar-refractivity contribution in [2.45, 2.75) is 26.2 Å². The molecule has 26 heavy (non-hydrogen) atoms. The van der Waals surface area contributed by atoms with Gasteiger partial charge in [0.2, 0.25) is 0 Å². The van der Waals surface area contributed by atoms with Crippen LogP contribution in [0.25, 0.3) is 0 Å². The number of urea groups is 1. The van der Waals surface area contributed by atoms with E-state index in [1.807, 2.05) is 23.1 Å². The van der Waals surface area contributed by atoms with Crippen molar-refractivity contribution in [1.82, 2.24) is 9.80 Å². The van der Waals surface area contributed by atoms with Crippen molar-refractivity contribution in [3.8, 4) is 0 Å². The maximum atomic E-state index is 12.7.